The van der Waals surface area contributed by atoms with Crippen LogP contribution in [0.2, 0.25) is 0 Å². The topological polar surface area (TPSA) is 50.8 Å². The second-order valence-corrected chi connectivity index (χ2v) is 8.15. The first-order valence-electron chi connectivity index (χ1n) is 9.73. The summed E-state index contributed by atoms with van der Waals surface area (Å²) >= 11 is 1.68. The van der Waals surface area contributed by atoms with Crippen LogP contribution in [0.15, 0.2) is 35.7 Å². The Hall–Kier alpha value is -2.05. The number of fused-ring (bicyclic) bond motifs is 1. The lowest BCUT2D eigenvalue weighted by Gasteiger charge is -2.27. The zero-order valence-corrected chi connectivity index (χ0v) is 16.3. The Kier molecular flexibility index (Phi) is 5.94. The Morgan fingerprint density at radius 1 is 1.15 bits per heavy atom. The lowest BCUT2D eigenvalue weighted by molar-refractivity contribution is -0.119. The maximum Gasteiger partial charge on any atom is 0.227 e. The Balaban J connectivity index is 1.50. The normalized spacial score (nSPS) is 16.9. The molecule has 2 aliphatic rings. The predicted octanol–water partition coefficient (Wildman–Crippen LogP) is 3.83. The molecule has 0 atom stereocenters. The first kappa shape index (κ1) is 18.3. The summed E-state index contributed by atoms with van der Waals surface area (Å²) in [6.07, 6.45) is 3.89. The molecule has 1 N–H and O–H groups in total. The summed E-state index contributed by atoms with van der Waals surface area (Å²) in [6.45, 7) is 3.85. The predicted molar refractivity (Wildman–Crippen MR) is 108 cm³/mol. The van der Waals surface area contributed by atoms with Crippen LogP contribution < -0.4 is 19.7 Å². The van der Waals surface area contributed by atoms with Crippen molar-refractivity contribution in [1.29, 1.82) is 0 Å². The third-order valence-corrected chi connectivity index (χ3v) is 6.12. The van der Waals surface area contributed by atoms with E-state index in [0.717, 1.165) is 36.7 Å². The molecule has 4 rings (SSSR count). The van der Waals surface area contributed by atoms with Crippen LogP contribution in [-0.2, 0) is 11.3 Å². The van der Waals surface area contributed by atoms with Crippen LogP contribution in [0.4, 0.5) is 5.69 Å². The lowest BCUT2D eigenvalue weighted by atomic mass is 9.93. The fourth-order valence-electron chi connectivity index (χ4n) is 3.71. The van der Waals surface area contributed by atoms with Crippen LogP contribution in [0, 0.1) is 5.92 Å². The number of thiophene rings is 1. The molecule has 0 saturated carbocycles. The Morgan fingerprint density at radius 3 is 2.74 bits per heavy atom. The van der Waals surface area contributed by atoms with Gasteiger partial charge in [-0.05, 0) is 61.8 Å². The molecule has 2 aromatic rings. The number of anilines is 1. The average molecular weight is 387 g/mol. The minimum atomic E-state index is 0.179. The number of piperidine rings is 1. The molecule has 0 spiro atoms. The second-order valence-electron chi connectivity index (χ2n) is 7.12. The number of amides is 1. The third-order valence-electron chi connectivity index (χ3n) is 5.26. The van der Waals surface area contributed by atoms with E-state index in [1.165, 1.54) is 17.7 Å². The monoisotopic (exact) mass is 386 g/mol. The smallest absolute Gasteiger partial charge is 0.227 e. The minimum Gasteiger partial charge on any atom is -0.486 e. The molecule has 0 unspecified atom stereocenters. The zero-order valence-electron chi connectivity index (χ0n) is 15.5. The molecule has 1 fully saturated rings. The number of nitrogens with zero attached hydrogens (tertiary/aromatic N) is 1. The molecule has 1 aromatic heterocycles. The Labute approximate surface area is 164 Å². The van der Waals surface area contributed by atoms with Gasteiger partial charge in [0.15, 0.2) is 11.5 Å². The van der Waals surface area contributed by atoms with Gasteiger partial charge >= 0.3 is 0 Å². The van der Waals surface area contributed by atoms with Gasteiger partial charge < -0.3 is 19.7 Å². The van der Waals surface area contributed by atoms with Gasteiger partial charge in [0, 0.05) is 23.1 Å². The highest BCUT2D eigenvalue weighted by Crippen LogP contribution is 2.35. The lowest BCUT2D eigenvalue weighted by Crippen LogP contribution is -2.32. The van der Waals surface area contributed by atoms with Crippen molar-refractivity contribution in [3.63, 3.8) is 0 Å². The van der Waals surface area contributed by atoms with E-state index >= 15 is 0 Å². The number of nitrogens with one attached hydrogen (secondary N) is 1. The van der Waals surface area contributed by atoms with Gasteiger partial charge in [0.1, 0.15) is 13.2 Å². The summed E-state index contributed by atoms with van der Waals surface area (Å²) in [7, 11) is 0. The largest absolute Gasteiger partial charge is 0.486 e. The molecular formula is C21H26N2O3S. The third kappa shape index (κ3) is 4.62. The Morgan fingerprint density at radius 2 is 1.96 bits per heavy atom. The van der Waals surface area contributed by atoms with E-state index in [2.05, 4.69) is 16.8 Å². The van der Waals surface area contributed by atoms with Crippen molar-refractivity contribution in [3.05, 3.63) is 40.6 Å². The maximum absolute atomic E-state index is 13.1. The number of benzene rings is 1. The van der Waals surface area contributed by atoms with Crippen molar-refractivity contribution in [2.45, 2.75) is 32.2 Å². The highest BCUT2D eigenvalue weighted by molar-refractivity contribution is 7.09. The fourth-order valence-corrected chi connectivity index (χ4v) is 4.41. The summed E-state index contributed by atoms with van der Waals surface area (Å²) in [5.41, 5.74) is 0.878. The van der Waals surface area contributed by atoms with Crippen LogP contribution in [0.25, 0.3) is 0 Å². The molecule has 2 aliphatic heterocycles. The van der Waals surface area contributed by atoms with Gasteiger partial charge in [0.25, 0.3) is 0 Å². The molecule has 3 heterocycles. The van der Waals surface area contributed by atoms with Gasteiger partial charge in [0.2, 0.25) is 5.91 Å². The van der Waals surface area contributed by atoms with E-state index in [1.807, 2.05) is 29.2 Å². The van der Waals surface area contributed by atoms with Crippen LogP contribution >= 0.6 is 11.3 Å². The van der Waals surface area contributed by atoms with E-state index < -0.39 is 0 Å². The van der Waals surface area contributed by atoms with E-state index in [0.29, 0.717) is 32.1 Å². The van der Waals surface area contributed by atoms with Gasteiger partial charge in [0.05, 0.1) is 6.54 Å². The molecule has 27 heavy (non-hydrogen) atoms. The van der Waals surface area contributed by atoms with Crippen LogP contribution in [0.3, 0.4) is 0 Å². The fraction of sp³-hybridized carbons (Fsp3) is 0.476. The summed E-state index contributed by atoms with van der Waals surface area (Å²) < 4.78 is 11.3. The van der Waals surface area contributed by atoms with Crippen molar-refractivity contribution in [3.8, 4) is 11.5 Å². The number of carbonyl (C=O) groups excluding carboxylic acids is 1. The molecule has 1 amide bonds. The van der Waals surface area contributed by atoms with E-state index in [1.54, 1.807) is 11.3 Å². The molecule has 1 saturated heterocycles. The van der Waals surface area contributed by atoms with Crippen molar-refractivity contribution in [2.24, 2.45) is 5.92 Å². The second kappa shape index (κ2) is 8.76. The Bertz CT molecular complexity index is 757. The first-order valence-corrected chi connectivity index (χ1v) is 10.6. The zero-order chi connectivity index (χ0) is 18.5. The molecule has 6 heteroatoms. The van der Waals surface area contributed by atoms with Crippen molar-refractivity contribution in [2.75, 3.05) is 31.2 Å². The number of hydrogen-bond acceptors (Lipinski definition) is 5. The van der Waals surface area contributed by atoms with Crippen molar-refractivity contribution < 1.29 is 14.3 Å². The maximum atomic E-state index is 13.1. The van der Waals surface area contributed by atoms with Gasteiger partial charge in [-0.2, -0.15) is 0 Å². The van der Waals surface area contributed by atoms with Crippen LogP contribution in [-0.4, -0.2) is 32.2 Å². The molecule has 0 radical (unpaired) electrons. The number of rotatable bonds is 6. The van der Waals surface area contributed by atoms with E-state index in [-0.39, 0.29) is 5.91 Å². The van der Waals surface area contributed by atoms with Crippen LogP contribution in [0.5, 0.6) is 11.5 Å². The molecular weight excluding hydrogens is 360 g/mol. The van der Waals surface area contributed by atoms with Crippen molar-refractivity contribution in [1.82, 2.24) is 5.32 Å². The van der Waals surface area contributed by atoms with Crippen molar-refractivity contribution >= 4 is 22.9 Å². The summed E-state index contributed by atoms with van der Waals surface area (Å²) in [5.74, 6) is 2.31. The van der Waals surface area contributed by atoms with Gasteiger partial charge in [-0.25, -0.2) is 0 Å². The molecule has 1 aromatic carbocycles. The van der Waals surface area contributed by atoms with Gasteiger partial charge in [-0.15, -0.1) is 11.3 Å². The molecule has 144 valence electrons. The molecule has 0 bridgehead atoms. The number of ether oxygens (including phenoxy) is 2. The summed E-state index contributed by atoms with van der Waals surface area (Å²) in [4.78, 5) is 16.2. The standard InChI is InChI=1S/C21H26N2O3S/c24-21(6-3-16-7-9-22-10-8-16)23(15-18-2-1-13-27-18)17-4-5-19-20(14-17)26-12-11-25-19/h1-2,4-5,13-14,16,22H,3,6-12,15H2. The van der Waals surface area contributed by atoms with Gasteiger partial charge in [-0.3, -0.25) is 4.79 Å². The van der Waals surface area contributed by atoms with Gasteiger partial charge in [-0.1, -0.05) is 6.07 Å². The highest BCUT2D eigenvalue weighted by atomic mass is 32.1. The molecule has 5 nitrogen and oxygen atoms in total. The number of hydrogen-bond donors (Lipinski definition) is 1. The highest BCUT2D eigenvalue weighted by Gasteiger charge is 2.22. The quantitative estimate of drug-likeness (QED) is 0.820. The first-order chi connectivity index (χ1) is 13.3. The SMILES string of the molecule is O=C(CCC1CCNCC1)N(Cc1cccs1)c1ccc2c(c1)OCCO2. The molecule has 0 aliphatic carbocycles. The summed E-state index contributed by atoms with van der Waals surface area (Å²) in [5, 5.41) is 5.44. The minimum absolute atomic E-state index is 0.179. The van der Waals surface area contributed by atoms with Crippen LogP contribution in [0.1, 0.15) is 30.6 Å². The number of carbonyl (C=O) groups is 1. The summed E-state index contributed by atoms with van der Waals surface area (Å²) in [6, 6.07) is 9.91. The average Bonchev–Trinajstić information content (AvgIpc) is 3.24. The van der Waals surface area contributed by atoms with E-state index in [9.17, 15) is 4.79 Å². The van der Waals surface area contributed by atoms with E-state index in [4.69, 9.17) is 9.47 Å².